The minimum atomic E-state index is -1.39. The van der Waals surface area contributed by atoms with Gasteiger partial charge in [-0.05, 0) is 65.3 Å². The summed E-state index contributed by atoms with van der Waals surface area (Å²) in [5.74, 6) is 1.09. The highest BCUT2D eigenvalue weighted by Gasteiger charge is 2.52. The van der Waals surface area contributed by atoms with Gasteiger partial charge in [-0.3, -0.25) is 4.79 Å². The SMILES string of the molecule is CCCC[P+](CC(=O)c1ccc(OC)cc1)(C(C)C)C(C)(C)C. The van der Waals surface area contributed by atoms with E-state index in [1.807, 2.05) is 24.3 Å². The highest BCUT2D eigenvalue weighted by Crippen LogP contribution is 2.72. The summed E-state index contributed by atoms with van der Waals surface area (Å²) >= 11 is 0. The first-order valence-corrected chi connectivity index (χ1v) is 10.9. The van der Waals surface area contributed by atoms with Crippen molar-refractivity contribution in [3.05, 3.63) is 29.8 Å². The van der Waals surface area contributed by atoms with Crippen LogP contribution in [0.5, 0.6) is 5.75 Å². The van der Waals surface area contributed by atoms with Crippen molar-refractivity contribution >= 4 is 13.0 Å². The number of hydrogen-bond donors (Lipinski definition) is 0. The normalized spacial score (nSPS) is 14.6. The standard InChI is InChI=1S/C20H34O2P/c1-8-9-14-23(16(2)3,20(4,5)6)15-19(21)17-10-12-18(22-7)13-11-17/h10-13,16H,8-9,14-15H2,1-7H3/q+1. The summed E-state index contributed by atoms with van der Waals surface area (Å²) in [5.41, 5.74) is 1.40. The number of Topliss-reactive ketones (excluding diaryl/α,β-unsaturated/α-hetero) is 1. The molecule has 3 heteroatoms. The van der Waals surface area contributed by atoms with Crippen molar-refractivity contribution in [3.8, 4) is 5.75 Å². The molecule has 0 saturated carbocycles. The molecule has 130 valence electrons. The number of hydrogen-bond acceptors (Lipinski definition) is 2. The lowest BCUT2D eigenvalue weighted by atomic mass is 10.1. The number of rotatable bonds is 8. The molecule has 2 nitrogen and oxygen atoms in total. The number of ether oxygens (including phenoxy) is 1. The van der Waals surface area contributed by atoms with Gasteiger partial charge in [0.15, 0.2) is 5.78 Å². The van der Waals surface area contributed by atoms with Crippen LogP contribution in [-0.4, -0.2) is 36.0 Å². The number of methoxy groups -OCH3 is 1. The molecule has 0 radical (unpaired) electrons. The average molecular weight is 337 g/mol. The van der Waals surface area contributed by atoms with Crippen LogP contribution < -0.4 is 4.74 Å². The zero-order valence-corrected chi connectivity index (χ0v) is 16.9. The Morgan fingerprint density at radius 2 is 1.74 bits per heavy atom. The summed E-state index contributed by atoms with van der Waals surface area (Å²) in [4.78, 5) is 13.0. The lowest BCUT2D eigenvalue weighted by Crippen LogP contribution is -2.33. The predicted molar refractivity (Wildman–Crippen MR) is 104 cm³/mol. The van der Waals surface area contributed by atoms with Gasteiger partial charge in [0.1, 0.15) is 11.9 Å². The summed E-state index contributed by atoms with van der Waals surface area (Å²) in [7, 11) is 0.260. The van der Waals surface area contributed by atoms with Crippen LogP contribution in [0.1, 0.15) is 64.7 Å². The van der Waals surface area contributed by atoms with Gasteiger partial charge in [0.05, 0.1) is 24.1 Å². The summed E-state index contributed by atoms with van der Waals surface area (Å²) in [5, 5.41) is 0.207. The largest absolute Gasteiger partial charge is 0.497 e. The lowest BCUT2D eigenvalue weighted by molar-refractivity contribution is 0.102. The van der Waals surface area contributed by atoms with Crippen LogP contribution in [0.15, 0.2) is 24.3 Å². The maximum absolute atomic E-state index is 13.0. The highest BCUT2D eigenvalue weighted by molar-refractivity contribution is 7.78. The third-order valence-corrected chi connectivity index (χ3v) is 11.7. The first-order valence-electron chi connectivity index (χ1n) is 8.72. The molecular weight excluding hydrogens is 303 g/mol. The minimum absolute atomic E-state index is 0.207. The zero-order valence-electron chi connectivity index (χ0n) is 16.0. The molecule has 0 bridgehead atoms. The van der Waals surface area contributed by atoms with Gasteiger partial charge < -0.3 is 4.74 Å². The van der Waals surface area contributed by atoms with Crippen molar-refractivity contribution in [2.45, 2.75) is 65.2 Å². The van der Waals surface area contributed by atoms with E-state index in [0.29, 0.717) is 11.4 Å². The van der Waals surface area contributed by atoms with Gasteiger partial charge in [0.25, 0.3) is 0 Å². The van der Waals surface area contributed by atoms with Crippen molar-refractivity contribution in [1.29, 1.82) is 0 Å². The molecule has 0 aliphatic carbocycles. The number of benzene rings is 1. The van der Waals surface area contributed by atoms with Gasteiger partial charge in [-0.1, -0.05) is 13.3 Å². The lowest BCUT2D eigenvalue weighted by Gasteiger charge is -2.41. The predicted octanol–water partition coefficient (Wildman–Crippen LogP) is 5.90. The zero-order chi connectivity index (χ0) is 17.7. The maximum atomic E-state index is 13.0. The van der Waals surface area contributed by atoms with Crippen LogP contribution in [0, 0.1) is 0 Å². The van der Waals surface area contributed by atoms with Crippen molar-refractivity contribution in [2.24, 2.45) is 0 Å². The molecule has 1 unspecified atom stereocenters. The van der Waals surface area contributed by atoms with Gasteiger partial charge in [-0.25, -0.2) is 0 Å². The summed E-state index contributed by atoms with van der Waals surface area (Å²) in [6.45, 7) is 13.9. The Labute approximate surface area is 143 Å². The fourth-order valence-corrected chi connectivity index (χ4v) is 8.74. The molecule has 0 aliphatic heterocycles. The van der Waals surface area contributed by atoms with E-state index in [-0.39, 0.29) is 5.16 Å². The smallest absolute Gasteiger partial charge is 0.199 e. The van der Waals surface area contributed by atoms with Crippen LogP contribution in [0.25, 0.3) is 0 Å². The molecule has 1 aromatic rings. The Kier molecular flexibility index (Phi) is 7.27. The third kappa shape index (κ3) is 4.80. The molecule has 0 fully saturated rings. The van der Waals surface area contributed by atoms with E-state index in [4.69, 9.17) is 4.74 Å². The van der Waals surface area contributed by atoms with Gasteiger partial charge in [0, 0.05) is 12.8 Å². The van der Waals surface area contributed by atoms with E-state index >= 15 is 0 Å². The summed E-state index contributed by atoms with van der Waals surface area (Å²) in [6.07, 6.45) is 4.35. The van der Waals surface area contributed by atoms with Crippen molar-refractivity contribution in [2.75, 3.05) is 19.4 Å². The van der Waals surface area contributed by atoms with Gasteiger partial charge in [0.2, 0.25) is 0 Å². The van der Waals surface area contributed by atoms with E-state index in [0.717, 1.165) is 17.5 Å². The van der Waals surface area contributed by atoms with Gasteiger partial charge >= 0.3 is 0 Å². The van der Waals surface area contributed by atoms with Crippen LogP contribution >= 0.6 is 7.26 Å². The molecule has 0 saturated heterocycles. The maximum Gasteiger partial charge on any atom is 0.199 e. The molecule has 0 aromatic heterocycles. The first kappa shape index (κ1) is 20.2. The van der Waals surface area contributed by atoms with Crippen LogP contribution in [-0.2, 0) is 0 Å². The molecule has 1 atom stereocenters. The molecule has 0 heterocycles. The van der Waals surface area contributed by atoms with E-state index in [9.17, 15) is 4.79 Å². The van der Waals surface area contributed by atoms with Crippen LogP contribution in [0.2, 0.25) is 0 Å². The molecule has 0 aliphatic rings. The highest BCUT2D eigenvalue weighted by atomic mass is 31.2. The van der Waals surface area contributed by atoms with E-state index in [2.05, 4.69) is 41.5 Å². The number of unbranched alkanes of at least 4 members (excludes halogenated alkanes) is 1. The second kappa shape index (κ2) is 8.29. The Balaban J connectivity index is 3.09. The topological polar surface area (TPSA) is 26.3 Å². The van der Waals surface area contributed by atoms with Crippen molar-refractivity contribution < 1.29 is 9.53 Å². The molecule has 23 heavy (non-hydrogen) atoms. The molecular formula is C20H34O2P+. The van der Waals surface area contributed by atoms with E-state index in [1.54, 1.807) is 7.11 Å². The monoisotopic (exact) mass is 337 g/mol. The Morgan fingerprint density at radius 3 is 2.13 bits per heavy atom. The van der Waals surface area contributed by atoms with E-state index < -0.39 is 7.26 Å². The molecule has 1 aromatic carbocycles. The fraction of sp³-hybridized carbons (Fsp3) is 0.650. The van der Waals surface area contributed by atoms with Gasteiger partial charge in [-0.15, -0.1) is 0 Å². The van der Waals surface area contributed by atoms with Crippen molar-refractivity contribution in [3.63, 3.8) is 0 Å². The van der Waals surface area contributed by atoms with Crippen LogP contribution in [0.3, 0.4) is 0 Å². The van der Waals surface area contributed by atoms with E-state index in [1.165, 1.54) is 19.0 Å². The molecule has 0 spiro atoms. The third-order valence-electron chi connectivity index (χ3n) is 5.07. The molecule has 0 amide bonds. The fourth-order valence-electron chi connectivity index (χ4n) is 3.43. The van der Waals surface area contributed by atoms with Crippen molar-refractivity contribution in [1.82, 2.24) is 0 Å². The Morgan fingerprint density at radius 1 is 1.17 bits per heavy atom. The van der Waals surface area contributed by atoms with Crippen LogP contribution in [0.4, 0.5) is 0 Å². The quantitative estimate of drug-likeness (QED) is 0.436. The second-order valence-corrected chi connectivity index (χ2v) is 12.9. The Hall–Kier alpha value is -0.880. The number of ketones is 1. The second-order valence-electron chi connectivity index (χ2n) is 7.69. The summed E-state index contributed by atoms with van der Waals surface area (Å²) < 4.78 is 5.19. The average Bonchev–Trinajstić information content (AvgIpc) is 2.49. The first-order chi connectivity index (χ1) is 10.7. The minimum Gasteiger partial charge on any atom is -0.497 e. The van der Waals surface area contributed by atoms with Gasteiger partial charge in [-0.2, -0.15) is 0 Å². The number of carbonyl (C=O) groups is 1. The molecule has 0 N–H and O–H groups in total. The molecule has 1 rings (SSSR count). The Bertz CT molecular complexity index is 499. The number of carbonyl (C=O) groups excluding carboxylic acids is 1. The summed E-state index contributed by atoms with van der Waals surface area (Å²) in [6, 6.07) is 7.56.